The number of carbonyl (C=O) groups excluding carboxylic acids is 1. The van der Waals surface area contributed by atoms with E-state index in [4.69, 9.17) is 24.7 Å². The summed E-state index contributed by atoms with van der Waals surface area (Å²) < 4.78 is 24.2. The van der Waals surface area contributed by atoms with Crippen LogP contribution >= 0.6 is 0 Å². The largest absolute Gasteiger partial charge is 0.495 e. The molecule has 10 heteroatoms. The van der Waals surface area contributed by atoms with Crippen LogP contribution in [-0.2, 0) is 9.53 Å². The van der Waals surface area contributed by atoms with E-state index in [1.807, 2.05) is 54.6 Å². The van der Waals surface area contributed by atoms with Gasteiger partial charge in [-0.2, -0.15) is 0 Å². The Morgan fingerprint density at radius 2 is 1.44 bits per heavy atom. The lowest BCUT2D eigenvalue weighted by atomic mass is 10.1. The third-order valence-electron chi connectivity index (χ3n) is 8.65. The Morgan fingerprint density at radius 1 is 0.837 bits per heavy atom. The zero-order valence-corrected chi connectivity index (χ0v) is 25.4. The Labute approximate surface area is 254 Å². The fraction of sp³-hybridized carbons (Fsp3) is 0.424. The van der Waals surface area contributed by atoms with Crippen LogP contribution in [0.15, 0.2) is 72.8 Å². The zero-order chi connectivity index (χ0) is 30.2. The Bertz CT molecular complexity index is 1350. The molecule has 2 fully saturated rings. The zero-order valence-electron chi connectivity index (χ0n) is 25.4. The molecule has 1 amide bonds. The molecule has 0 aromatic heterocycles. The first-order chi connectivity index (χ1) is 21.0. The van der Waals surface area contributed by atoms with Gasteiger partial charge in [0.15, 0.2) is 22.9 Å². The first-order valence-corrected chi connectivity index (χ1v) is 14.9. The summed E-state index contributed by atoms with van der Waals surface area (Å²) in [6, 6.07) is 24.2. The van der Waals surface area contributed by atoms with Gasteiger partial charge in [0.2, 0.25) is 12.6 Å². The average molecular weight is 591 g/mol. The number of carbonyl (C=O) groups is 1. The van der Waals surface area contributed by atoms with Gasteiger partial charge in [-0.3, -0.25) is 9.69 Å². The van der Waals surface area contributed by atoms with Crippen molar-refractivity contribution >= 4 is 23.5 Å². The molecule has 0 bridgehead atoms. The molecular formula is C33H44N5O5+. The maximum atomic E-state index is 11.9. The number of hydrogen-bond acceptors (Lipinski definition) is 8. The molecule has 5 rings (SSSR count). The Morgan fingerprint density at radius 3 is 2.09 bits per heavy atom. The van der Waals surface area contributed by atoms with E-state index in [9.17, 15) is 4.79 Å². The van der Waals surface area contributed by atoms with Crippen LogP contribution in [0.25, 0.3) is 0 Å². The third kappa shape index (κ3) is 6.28. The van der Waals surface area contributed by atoms with Gasteiger partial charge in [-0.1, -0.05) is 36.4 Å². The lowest BCUT2D eigenvalue weighted by molar-refractivity contribution is -0.130. The smallest absolute Gasteiger partial charge is 0.220 e. The van der Waals surface area contributed by atoms with Crippen LogP contribution in [0.5, 0.6) is 17.2 Å². The van der Waals surface area contributed by atoms with E-state index < -0.39 is 12.4 Å². The van der Waals surface area contributed by atoms with Crippen molar-refractivity contribution in [1.29, 1.82) is 0 Å². The van der Waals surface area contributed by atoms with Crippen LogP contribution in [0.2, 0.25) is 0 Å². The van der Waals surface area contributed by atoms with Gasteiger partial charge in [-0.05, 0) is 30.7 Å². The molecule has 2 heterocycles. The third-order valence-corrected chi connectivity index (χ3v) is 8.65. The van der Waals surface area contributed by atoms with E-state index in [2.05, 4.69) is 28.0 Å². The topological polar surface area (TPSA) is 89.7 Å². The lowest BCUT2D eigenvalue weighted by Crippen LogP contribution is -2.70. The minimum atomic E-state index is -0.517. The highest BCUT2D eigenvalue weighted by Crippen LogP contribution is 2.48. The molecule has 2 aliphatic heterocycles. The van der Waals surface area contributed by atoms with Crippen LogP contribution < -0.4 is 29.3 Å². The molecule has 3 unspecified atom stereocenters. The highest BCUT2D eigenvalue weighted by molar-refractivity contribution is 5.71. The molecular weight excluding hydrogens is 546 g/mol. The molecule has 3 atom stereocenters. The standard InChI is InChI=1S/C33H44N5O5/c1-40-29-14-7-4-11-26(29)36-20-18-35(19-21-36)17-10-22-43-31-16-9-6-13-28(31)38(27-12-5-8-15-30(27)41-2)24-32(34)37(25-39)23-33(38)42-3/h4-9,11-16,25,32-33H,10,17-24,34H2,1-3H3/q+1. The van der Waals surface area contributed by atoms with Crippen LogP contribution in [0.3, 0.4) is 0 Å². The summed E-state index contributed by atoms with van der Waals surface area (Å²) in [6.45, 7) is 6.14. The molecule has 0 aliphatic carbocycles. The molecule has 0 radical (unpaired) electrons. The number of piperazine rings is 2. The van der Waals surface area contributed by atoms with E-state index in [-0.39, 0.29) is 4.48 Å². The second kappa shape index (κ2) is 14.1. The van der Waals surface area contributed by atoms with Gasteiger partial charge < -0.3 is 34.5 Å². The van der Waals surface area contributed by atoms with E-state index in [1.54, 1.807) is 26.2 Å². The predicted octanol–water partition coefficient (Wildman–Crippen LogP) is 3.66. The molecule has 0 saturated carbocycles. The van der Waals surface area contributed by atoms with Crippen LogP contribution in [0.1, 0.15) is 6.42 Å². The number of methoxy groups -OCH3 is 3. The number of para-hydroxylation sites is 6. The van der Waals surface area contributed by atoms with Crippen molar-refractivity contribution in [2.45, 2.75) is 18.8 Å². The Kier molecular flexibility index (Phi) is 10.0. The molecule has 43 heavy (non-hydrogen) atoms. The van der Waals surface area contributed by atoms with E-state index in [0.29, 0.717) is 19.7 Å². The molecule has 3 aromatic rings. The minimum absolute atomic E-state index is 0.243. The Hall–Kier alpha value is -3.83. The molecule has 2 saturated heterocycles. The van der Waals surface area contributed by atoms with Gasteiger partial charge in [0.25, 0.3) is 0 Å². The van der Waals surface area contributed by atoms with Crippen LogP contribution in [-0.4, -0.2) is 102 Å². The fourth-order valence-corrected chi connectivity index (χ4v) is 6.43. The Balaban J connectivity index is 1.30. The number of quaternary nitrogens is 1. The summed E-state index contributed by atoms with van der Waals surface area (Å²) in [5.74, 6) is 2.40. The first-order valence-electron chi connectivity index (χ1n) is 14.9. The highest BCUT2D eigenvalue weighted by atomic mass is 16.5. The molecule has 0 spiro atoms. The second-order valence-corrected chi connectivity index (χ2v) is 11.0. The number of nitrogens with zero attached hydrogens (tertiary/aromatic N) is 4. The van der Waals surface area contributed by atoms with Crippen molar-refractivity contribution in [2.75, 3.05) is 78.6 Å². The van der Waals surface area contributed by atoms with Crippen molar-refractivity contribution < 1.29 is 23.7 Å². The van der Waals surface area contributed by atoms with Gasteiger partial charge in [-0.25, -0.2) is 4.48 Å². The normalized spacial score (nSPS) is 22.7. The average Bonchev–Trinajstić information content (AvgIpc) is 3.07. The quantitative estimate of drug-likeness (QED) is 0.194. The van der Waals surface area contributed by atoms with Gasteiger partial charge >= 0.3 is 0 Å². The predicted molar refractivity (Wildman–Crippen MR) is 169 cm³/mol. The monoisotopic (exact) mass is 590 g/mol. The van der Waals surface area contributed by atoms with Crippen molar-refractivity contribution in [2.24, 2.45) is 5.73 Å². The summed E-state index contributed by atoms with van der Waals surface area (Å²) in [5, 5.41) is 0. The summed E-state index contributed by atoms with van der Waals surface area (Å²) in [7, 11) is 5.06. The summed E-state index contributed by atoms with van der Waals surface area (Å²) in [5.41, 5.74) is 9.57. The van der Waals surface area contributed by atoms with E-state index >= 15 is 0 Å². The number of anilines is 1. The van der Waals surface area contributed by atoms with Gasteiger partial charge in [0, 0.05) is 52.0 Å². The molecule has 10 nitrogen and oxygen atoms in total. The number of hydrogen-bond donors (Lipinski definition) is 1. The van der Waals surface area contributed by atoms with Gasteiger partial charge in [0.1, 0.15) is 25.0 Å². The maximum absolute atomic E-state index is 11.9. The van der Waals surface area contributed by atoms with Crippen molar-refractivity contribution in [3.8, 4) is 17.2 Å². The van der Waals surface area contributed by atoms with E-state index in [1.165, 1.54) is 0 Å². The molecule has 3 aromatic carbocycles. The minimum Gasteiger partial charge on any atom is -0.495 e. The van der Waals surface area contributed by atoms with Gasteiger partial charge in [-0.15, -0.1) is 0 Å². The molecule has 2 aliphatic rings. The summed E-state index contributed by atoms with van der Waals surface area (Å²) >= 11 is 0. The SMILES string of the molecule is COc1ccccc1N1CCN(CCCOc2ccccc2[N+]2(c3ccccc3OC)CC(N)N(C=O)CC2OC)CC1. The number of rotatable bonds is 12. The maximum Gasteiger partial charge on any atom is 0.220 e. The fourth-order valence-electron chi connectivity index (χ4n) is 6.43. The molecule has 230 valence electrons. The lowest BCUT2D eigenvalue weighted by Gasteiger charge is -2.50. The summed E-state index contributed by atoms with van der Waals surface area (Å²) in [6.07, 6.45) is 0.747. The van der Waals surface area contributed by atoms with Crippen molar-refractivity contribution in [3.63, 3.8) is 0 Å². The van der Waals surface area contributed by atoms with Crippen LogP contribution in [0.4, 0.5) is 17.1 Å². The van der Waals surface area contributed by atoms with Crippen molar-refractivity contribution in [3.05, 3.63) is 72.8 Å². The number of benzene rings is 3. The van der Waals surface area contributed by atoms with Gasteiger partial charge in [0.05, 0.1) is 26.5 Å². The number of ether oxygens (including phenoxy) is 4. The highest BCUT2D eigenvalue weighted by Gasteiger charge is 2.52. The summed E-state index contributed by atoms with van der Waals surface area (Å²) in [4.78, 5) is 18.3. The molecule has 2 N–H and O–H groups in total. The van der Waals surface area contributed by atoms with E-state index in [0.717, 1.165) is 79.9 Å². The van der Waals surface area contributed by atoms with Crippen molar-refractivity contribution in [1.82, 2.24) is 14.3 Å². The number of nitrogens with two attached hydrogens (primary N) is 1. The van der Waals surface area contributed by atoms with Crippen LogP contribution in [0, 0.1) is 0 Å². The first kappa shape index (κ1) is 30.6. The second-order valence-electron chi connectivity index (χ2n) is 11.0. The number of amides is 1.